The van der Waals surface area contributed by atoms with Crippen molar-refractivity contribution in [2.75, 3.05) is 57.9 Å². The van der Waals surface area contributed by atoms with Crippen molar-refractivity contribution < 1.29 is 9.13 Å². The van der Waals surface area contributed by atoms with Gasteiger partial charge in [-0.3, -0.25) is 9.89 Å². The van der Waals surface area contributed by atoms with E-state index in [4.69, 9.17) is 4.74 Å². The van der Waals surface area contributed by atoms with Crippen molar-refractivity contribution in [3.05, 3.63) is 53.2 Å². The third kappa shape index (κ3) is 5.96. The first kappa shape index (κ1) is 22.0. The van der Waals surface area contributed by atoms with E-state index in [0.717, 1.165) is 63.8 Å². The lowest BCUT2D eigenvalue weighted by molar-refractivity contribution is 0.0169. The van der Waals surface area contributed by atoms with E-state index in [1.807, 2.05) is 19.2 Å². The maximum absolute atomic E-state index is 13.5. The normalized spacial score (nSPS) is 19.9. The number of nitrogens with zero attached hydrogens (tertiary/aromatic N) is 3. The highest BCUT2D eigenvalue weighted by molar-refractivity contribution is 7.14. The molecule has 0 spiro atoms. The summed E-state index contributed by atoms with van der Waals surface area (Å²) < 4.78 is 19.0. The van der Waals surface area contributed by atoms with Crippen molar-refractivity contribution >= 4 is 22.3 Å². The minimum absolute atomic E-state index is 0.142. The lowest BCUT2D eigenvalue weighted by atomic mass is 10.0. The number of halogens is 1. The number of thiophene rings is 1. The molecule has 3 heterocycles. The van der Waals surface area contributed by atoms with E-state index >= 15 is 0 Å². The molecule has 0 bridgehead atoms. The van der Waals surface area contributed by atoms with Crippen LogP contribution in [0.5, 0.6) is 0 Å². The lowest BCUT2D eigenvalue weighted by Crippen LogP contribution is -2.50. The van der Waals surface area contributed by atoms with Crippen LogP contribution in [0.15, 0.2) is 46.8 Å². The molecular weight excluding hydrogens is 413 g/mol. The Balaban J connectivity index is 1.32. The van der Waals surface area contributed by atoms with Crippen LogP contribution >= 0.6 is 11.3 Å². The van der Waals surface area contributed by atoms with Crippen LogP contribution in [0.4, 0.5) is 9.39 Å². The number of hydrogen-bond acceptors (Lipinski definition) is 5. The van der Waals surface area contributed by atoms with E-state index in [1.54, 1.807) is 11.3 Å². The van der Waals surface area contributed by atoms with Gasteiger partial charge in [0.2, 0.25) is 0 Å². The summed E-state index contributed by atoms with van der Waals surface area (Å²) >= 11 is 1.81. The summed E-state index contributed by atoms with van der Waals surface area (Å²) in [5.41, 5.74) is 1.11. The second kappa shape index (κ2) is 10.9. The molecule has 2 N–H and O–H groups in total. The van der Waals surface area contributed by atoms with Crippen LogP contribution in [0.25, 0.3) is 0 Å². The topological polar surface area (TPSA) is 52.1 Å². The molecule has 2 aliphatic heterocycles. The summed E-state index contributed by atoms with van der Waals surface area (Å²) in [4.78, 5) is 9.32. The molecule has 6 nitrogen and oxygen atoms in total. The van der Waals surface area contributed by atoms with Gasteiger partial charge in [0, 0.05) is 45.8 Å². The van der Waals surface area contributed by atoms with Gasteiger partial charge in [-0.2, -0.15) is 0 Å². The number of aliphatic imine (C=N–C) groups is 1. The van der Waals surface area contributed by atoms with Crippen molar-refractivity contribution in [1.29, 1.82) is 0 Å². The van der Waals surface area contributed by atoms with E-state index in [1.165, 1.54) is 17.1 Å². The number of ether oxygens (including phenoxy) is 1. The van der Waals surface area contributed by atoms with E-state index < -0.39 is 0 Å². The molecular formula is C23H32FN5OS. The van der Waals surface area contributed by atoms with Gasteiger partial charge in [0.05, 0.1) is 24.3 Å². The maximum atomic E-state index is 13.5. The molecule has 2 fully saturated rings. The van der Waals surface area contributed by atoms with Gasteiger partial charge in [0.1, 0.15) is 5.82 Å². The van der Waals surface area contributed by atoms with Gasteiger partial charge in [-0.05, 0) is 48.1 Å². The van der Waals surface area contributed by atoms with E-state index in [0.29, 0.717) is 12.6 Å². The van der Waals surface area contributed by atoms with Crippen molar-refractivity contribution in [2.45, 2.75) is 24.9 Å². The number of rotatable bonds is 6. The van der Waals surface area contributed by atoms with Crippen LogP contribution in [0.3, 0.4) is 0 Å². The van der Waals surface area contributed by atoms with E-state index in [9.17, 15) is 4.39 Å². The molecule has 31 heavy (non-hydrogen) atoms. The van der Waals surface area contributed by atoms with Gasteiger partial charge >= 0.3 is 0 Å². The molecule has 2 aromatic rings. The molecule has 0 radical (unpaired) electrons. The first-order chi connectivity index (χ1) is 15.2. The summed E-state index contributed by atoms with van der Waals surface area (Å²) in [7, 11) is 1.82. The molecule has 0 saturated carbocycles. The van der Waals surface area contributed by atoms with Gasteiger partial charge in [-0.15, -0.1) is 11.3 Å². The third-order valence-corrected chi connectivity index (χ3v) is 7.01. The predicted molar refractivity (Wildman–Crippen MR) is 126 cm³/mol. The van der Waals surface area contributed by atoms with Gasteiger partial charge in [-0.25, -0.2) is 4.39 Å². The number of hydrogen-bond donors (Lipinski definition) is 2. The predicted octanol–water partition coefficient (Wildman–Crippen LogP) is 3.09. The first-order valence-corrected chi connectivity index (χ1v) is 11.9. The van der Waals surface area contributed by atoms with Crippen molar-refractivity contribution in [3.8, 4) is 0 Å². The number of morpholine rings is 1. The molecule has 168 valence electrons. The van der Waals surface area contributed by atoms with Gasteiger partial charge < -0.3 is 20.3 Å². The zero-order valence-electron chi connectivity index (χ0n) is 18.1. The summed E-state index contributed by atoms with van der Waals surface area (Å²) in [5.74, 6) is 0.624. The first-order valence-electron chi connectivity index (χ1n) is 11.1. The van der Waals surface area contributed by atoms with Crippen molar-refractivity contribution in [3.63, 3.8) is 0 Å². The summed E-state index contributed by atoms with van der Waals surface area (Å²) in [6, 6.07) is 11.7. The van der Waals surface area contributed by atoms with Crippen LogP contribution in [0.1, 0.15) is 24.4 Å². The Bertz CT molecular complexity index is 815. The van der Waals surface area contributed by atoms with Crippen molar-refractivity contribution in [1.82, 2.24) is 15.5 Å². The molecule has 0 aliphatic carbocycles. The van der Waals surface area contributed by atoms with Crippen LogP contribution in [0, 0.1) is 5.82 Å². The molecule has 2 saturated heterocycles. The fourth-order valence-corrected chi connectivity index (χ4v) is 5.09. The Kier molecular flexibility index (Phi) is 7.77. The number of piperidine rings is 1. The van der Waals surface area contributed by atoms with Crippen LogP contribution in [-0.4, -0.2) is 69.9 Å². The average Bonchev–Trinajstić information content (AvgIpc) is 3.36. The van der Waals surface area contributed by atoms with E-state index in [2.05, 4.69) is 42.9 Å². The quantitative estimate of drug-likeness (QED) is 0.529. The highest BCUT2D eigenvalue weighted by Crippen LogP contribution is 2.25. The Labute approximate surface area is 188 Å². The smallest absolute Gasteiger partial charge is 0.191 e. The van der Waals surface area contributed by atoms with Crippen LogP contribution < -0.4 is 15.5 Å². The molecule has 1 unspecified atom stereocenters. The van der Waals surface area contributed by atoms with Gasteiger partial charge in [0.15, 0.2) is 5.96 Å². The molecule has 1 aromatic carbocycles. The fourth-order valence-electron chi connectivity index (χ4n) is 4.31. The summed E-state index contributed by atoms with van der Waals surface area (Å²) in [5, 5.41) is 10.6. The highest BCUT2D eigenvalue weighted by Gasteiger charge is 2.24. The molecule has 0 amide bonds. The van der Waals surface area contributed by atoms with Crippen LogP contribution in [0.2, 0.25) is 0 Å². The third-order valence-electron chi connectivity index (χ3n) is 6.08. The lowest BCUT2D eigenvalue weighted by Gasteiger charge is -2.36. The second-order valence-electron chi connectivity index (χ2n) is 8.03. The molecule has 1 aromatic heterocycles. The van der Waals surface area contributed by atoms with Gasteiger partial charge in [0.25, 0.3) is 0 Å². The fraction of sp³-hybridized carbons (Fsp3) is 0.522. The molecule has 4 rings (SSSR count). The highest BCUT2D eigenvalue weighted by atomic mass is 32.1. The zero-order valence-corrected chi connectivity index (χ0v) is 18.9. The Hall–Kier alpha value is -2.16. The Morgan fingerprint density at radius 3 is 2.55 bits per heavy atom. The Morgan fingerprint density at radius 1 is 1.16 bits per heavy atom. The summed E-state index contributed by atoms with van der Waals surface area (Å²) in [6.45, 7) is 6.02. The number of benzene rings is 1. The SMILES string of the molecule is CN=C(NCC(c1ccc(F)cc1)N1CCOCC1)NC1CCN(c2cccs2)CC1. The number of nitrogens with one attached hydrogen (secondary N) is 2. The average molecular weight is 446 g/mol. The second-order valence-corrected chi connectivity index (χ2v) is 8.95. The molecule has 2 aliphatic rings. The zero-order chi connectivity index (χ0) is 21.5. The number of guanidine groups is 1. The minimum Gasteiger partial charge on any atom is -0.379 e. The monoisotopic (exact) mass is 445 g/mol. The van der Waals surface area contributed by atoms with Gasteiger partial charge in [-0.1, -0.05) is 12.1 Å². The molecule has 1 atom stereocenters. The van der Waals surface area contributed by atoms with Crippen molar-refractivity contribution in [2.24, 2.45) is 4.99 Å². The minimum atomic E-state index is -0.205. The molecule has 8 heteroatoms. The summed E-state index contributed by atoms with van der Waals surface area (Å²) in [6.07, 6.45) is 2.17. The maximum Gasteiger partial charge on any atom is 0.191 e. The Morgan fingerprint density at radius 2 is 1.90 bits per heavy atom. The van der Waals surface area contributed by atoms with Crippen LogP contribution in [-0.2, 0) is 4.74 Å². The number of anilines is 1. The standard InChI is InChI=1S/C23H32FN5OS/c1-25-23(27-20-8-10-29(11-9-20)22-3-2-16-31-22)26-17-21(28-12-14-30-15-13-28)18-4-6-19(24)7-5-18/h2-7,16,20-21H,8-15,17H2,1H3,(H2,25,26,27). The van der Waals surface area contributed by atoms with E-state index in [-0.39, 0.29) is 11.9 Å². The largest absolute Gasteiger partial charge is 0.379 e.